The summed E-state index contributed by atoms with van der Waals surface area (Å²) in [5.74, 6) is 0. The van der Waals surface area contributed by atoms with Crippen LogP contribution in [-0.2, 0) is 9.57 Å². The van der Waals surface area contributed by atoms with Crippen molar-refractivity contribution in [2.45, 2.75) is 46.5 Å². The van der Waals surface area contributed by atoms with Crippen LogP contribution in [0.2, 0.25) is 0 Å². The molecule has 0 atom stereocenters. The van der Waals surface area contributed by atoms with Gasteiger partial charge in [-0.2, -0.15) is 5.06 Å². The molecule has 0 aliphatic carbocycles. The molecule has 0 saturated heterocycles. The summed E-state index contributed by atoms with van der Waals surface area (Å²) >= 11 is 0. The molecule has 0 aliphatic heterocycles. The zero-order valence-electron chi connectivity index (χ0n) is 10.1. The minimum atomic E-state index is -0.373. The Kier molecular flexibility index (Phi) is 9.27. The lowest BCUT2D eigenvalue weighted by Crippen LogP contribution is -2.33. The second kappa shape index (κ2) is 9.77. The summed E-state index contributed by atoms with van der Waals surface area (Å²) in [7, 11) is 0. The Labute approximate surface area is 92.5 Å². The SMILES string of the molecule is CCCCON(CCCC)C(=O)OCC. The maximum absolute atomic E-state index is 11.4. The average molecular weight is 217 g/mol. The number of carbonyl (C=O) groups excluding carboxylic acids is 1. The molecule has 0 aliphatic rings. The fourth-order valence-corrected chi connectivity index (χ4v) is 1.02. The largest absolute Gasteiger partial charge is 0.448 e. The molecule has 15 heavy (non-hydrogen) atoms. The van der Waals surface area contributed by atoms with Gasteiger partial charge >= 0.3 is 6.09 Å². The summed E-state index contributed by atoms with van der Waals surface area (Å²) in [5.41, 5.74) is 0. The summed E-state index contributed by atoms with van der Waals surface area (Å²) in [6, 6.07) is 0. The quantitative estimate of drug-likeness (QED) is 0.463. The highest BCUT2D eigenvalue weighted by molar-refractivity contribution is 5.66. The molecule has 4 nitrogen and oxygen atoms in total. The van der Waals surface area contributed by atoms with Crippen molar-refractivity contribution in [3.8, 4) is 0 Å². The van der Waals surface area contributed by atoms with E-state index in [0.29, 0.717) is 19.8 Å². The lowest BCUT2D eigenvalue weighted by Gasteiger charge is -2.20. The van der Waals surface area contributed by atoms with Crippen LogP contribution in [-0.4, -0.2) is 30.9 Å². The third-order valence-corrected chi connectivity index (χ3v) is 1.93. The van der Waals surface area contributed by atoms with Crippen LogP contribution >= 0.6 is 0 Å². The van der Waals surface area contributed by atoms with Gasteiger partial charge in [0.15, 0.2) is 0 Å². The predicted molar refractivity (Wildman–Crippen MR) is 59.5 cm³/mol. The van der Waals surface area contributed by atoms with Crippen molar-refractivity contribution >= 4 is 6.09 Å². The molecule has 0 aromatic heterocycles. The monoisotopic (exact) mass is 217 g/mol. The van der Waals surface area contributed by atoms with Crippen LogP contribution in [0.4, 0.5) is 4.79 Å². The van der Waals surface area contributed by atoms with Gasteiger partial charge in [-0.1, -0.05) is 26.7 Å². The molecule has 0 rings (SSSR count). The molecule has 0 fully saturated rings. The van der Waals surface area contributed by atoms with Gasteiger partial charge in [-0.05, 0) is 19.8 Å². The number of carbonyl (C=O) groups is 1. The number of hydrogen-bond acceptors (Lipinski definition) is 3. The molecule has 0 heterocycles. The zero-order chi connectivity index (χ0) is 11.5. The molecule has 0 saturated carbocycles. The summed E-state index contributed by atoms with van der Waals surface area (Å²) in [6.07, 6.45) is 3.62. The number of ether oxygens (including phenoxy) is 1. The predicted octanol–water partition coefficient (Wildman–Crippen LogP) is 2.98. The highest BCUT2D eigenvalue weighted by Gasteiger charge is 2.14. The standard InChI is InChI=1S/C11H23NO3/c1-4-7-9-12(11(13)14-6-3)15-10-8-5-2/h4-10H2,1-3H3. The molecule has 0 aromatic rings. The topological polar surface area (TPSA) is 38.8 Å². The van der Waals surface area contributed by atoms with E-state index in [1.54, 1.807) is 6.92 Å². The van der Waals surface area contributed by atoms with Gasteiger partial charge in [0.05, 0.1) is 19.8 Å². The van der Waals surface area contributed by atoms with E-state index in [1.165, 1.54) is 5.06 Å². The maximum atomic E-state index is 11.4. The van der Waals surface area contributed by atoms with Crippen molar-refractivity contribution in [1.82, 2.24) is 5.06 Å². The van der Waals surface area contributed by atoms with Crippen molar-refractivity contribution in [3.05, 3.63) is 0 Å². The smallest absolute Gasteiger partial charge is 0.433 e. The fraction of sp³-hybridized carbons (Fsp3) is 0.909. The molecule has 0 bridgehead atoms. The van der Waals surface area contributed by atoms with Crippen LogP contribution in [0.5, 0.6) is 0 Å². The zero-order valence-corrected chi connectivity index (χ0v) is 10.1. The lowest BCUT2D eigenvalue weighted by atomic mass is 10.3. The Morgan fingerprint density at radius 1 is 1.13 bits per heavy atom. The first-order valence-electron chi connectivity index (χ1n) is 5.83. The summed E-state index contributed by atoms with van der Waals surface area (Å²) in [4.78, 5) is 16.8. The van der Waals surface area contributed by atoms with Crippen molar-refractivity contribution in [2.75, 3.05) is 19.8 Å². The fourth-order valence-electron chi connectivity index (χ4n) is 1.02. The molecule has 4 heteroatoms. The number of rotatable bonds is 8. The Hall–Kier alpha value is -0.770. The third-order valence-electron chi connectivity index (χ3n) is 1.93. The number of nitrogens with zero attached hydrogens (tertiary/aromatic N) is 1. The van der Waals surface area contributed by atoms with E-state index in [9.17, 15) is 4.79 Å². The Bertz CT molecular complexity index is 162. The molecular weight excluding hydrogens is 194 g/mol. The minimum absolute atomic E-state index is 0.373. The van der Waals surface area contributed by atoms with Crippen molar-refractivity contribution < 1.29 is 14.4 Å². The van der Waals surface area contributed by atoms with Crippen LogP contribution in [0.3, 0.4) is 0 Å². The first-order chi connectivity index (χ1) is 7.26. The second-order valence-electron chi connectivity index (χ2n) is 3.34. The van der Waals surface area contributed by atoms with E-state index in [4.69, 9.17) is 9.57 Å². The van der Waals surface area contributed by atoms with Crippen molar-refractivity contribution in [3.63, 3.8) is 0 Å². The average Bonchev–Trinajstić information content (AvgIpc) is 2.23. The van der Waals surface area contributed by atoms with E-state index < -0.39 is 0 Å². The van der Waals surface area contributed by atoms with E-state index in [-0.39, 0.29) is 6.09 Å². The van der Waals surface area contributed by atoms with Crippen LogP contribution in [0.1, 0.15) is 46.5 Å². The van der Waals surface area contributed by atoms with Gasteiger partial charge in [0.1, 0.15) is 0 Å². The van der Waals surface area contributed by atoms with Gasteiger partial charge in [-0.3, -0.25) is 4.84 Å². The molecule has 0 aromatic carbocycles. The molecule has 0 radical (unpaired) electrons. The molecule has 0 spiro atoms. The first-order valence-corrected chi connectivity index (χ1v) is 5.83. The van der Waals surface area contributed by atoms with Gasteiger partial charge in [-0.25, -0.2) is 4.79 Å². The normalized spacial score (nSPS) is 10.1. The maximum Gasteiger partial charge on any atom is 0.433 e. The van der Waals surface area contributed by atoms with Crippen LogP contribution in [0.15, 0.2) is 0 Å². The van der Waals surface area contributed by atoms with E-state index in [2.05, 4.69) is 13.8 Å². The molecule has 90 valence electrons. The Morgan fingerprint density at radius 3 is 2.33 bits per heavy atom. The van der Waals surface area contributed by atoms with Gasteiger partial charge in [0, 0.05) is 0 Å². The first kappa shape index (κ1) is 14.2. The van der Waals surface area contributed by atoms with Crippen LogP contribution < -0.4 is 0 Å². The highest BCUT2D eigenvalue weighted by atomic mass is 16.7. The lowest BCUT2D eigenvalue weighted by molar-refractivity contribution is -0.137. The van der Waals surface area contributed by atoms with Gasteiger partial charge in [0.25, 0.3) is 0 Å². The van der Waals surface area contributed by atoms with Gasteiger partial charge < -0.3 is 4.74 Å². The van der Waals surface area contributed by atoms with Crippen molar-refractivity contribution in [2.24, 2.45) is 0 Å². The number of unbranched alkanes of at least 4 members (excludes halogenated alkanes) is 2. The van der Waals surface area contributed by atoms with E-state index in [0.717, 1.165) is 25.7 Å². The van der Waals surface area contributed by atoms with E-state index >= 15 is 0 Å². The highest BCUT2D eigenvalue weighted by Crippen LogP contribution is 2.01. The molecule has 0 N–H and O–H groups in total. The summed E-state index contributed by atoms with van der Waals surface area (Å²) < 4.78 is 4.89. The summed E-state index contributed by atoms with van der Waals surface area (Å²) in [5, 5.41) is 1.34. The Morgan fingerprint density at radius 2 is 1.80 bits per heavy atom. The third kappa shape index (κ3) is 7.19. The van der Waals surface area contributed by atoms with Crippen molar-refractivity contribution in [1.29, 1.82) is 0 Å². The molecular formula is C11H23NO3. The molecule has 1 amide bonds. The molecule has 0 unspecified atom stereocenters. The van der Waals surface area contributed by atoms with E-state index in [1.807, 2.05) is 0 Å². The van der Waals surface area contributed by atoms with Crippen LogP contribution in [0.25, 0.3) is 0 Å². The number of hydrogen-bond donors (Lipinski definition) is 0. The Balaban J connectivity index is 3.87. The number of hydroxylamine groups is 2. The summed E-state index contributed by atoms with van der Waals surface area (Å²) in [6.45, 7) is 7.54. The van der Waals surface area contributed by atoms with Gasteiger partial charge in [0.2, 0.25) is 0 Å². The van der Waals surface area contributed by atoms with Gasteiger partial charge in [-0.15, -0.1) is 0 Å². The van der Waals surface area contributed by atoms with Crippen LogP contribution in [0, 0.1) is 0 Å². The minimum Gasteiger partial charge on any atom is -0.448 e. The number of amides is 1. The second-order valence-corrected chi connectivity index (χ2v) is 3.34.